The second-order valence-corrected chi connectivity index (χ2v) is 7.56. The maximum Gasteiger partial charge on any atom is 0.411 e. The third-order valence-electron chi connectivity index (χ3n) is 4.52. The van der Waals surface area contributed by atoms with Gasteiger partial charge < -0.3 is 10.5 Å². The average Bonchev–Trinajstić information content (AvgIpc) is 2.44. The van der Waals surface area contributed by atoms with Crippen molar-refractivity contribution in [1.82, 2.24) is 4.90 Å². The Balaban J connectivity index is 1.84. The van der Waals surface area contributed by atoms with E-state index in [2.05, 4.69) is 18.2 Å². The largest absolute Gasteiger partial charge is 0.444 e. The second kappa shape index (κ2) is 5.91. The van der Waals surface area contributed by atoms with E-state index in [0.717, 1.165) is 24.9 Å². The highest BCUT2D eigenvalue weighted by molar-refractivity contribution is 5.75. The number of amides is 1. The van der Waals surface area contributed by atoms with Crippen LogP contribution in [0.3, 0.4) is 0 Å². The van der Waals surface area contributed by atoms with Gasteiger partial charge in [-0.2, -0.15) is 0 Å². The molecule has 2 aliphatic heterocycles. The standard InChI is InChI=1S/C19H26N2O2/c1-19(2,3)23-18(22)21-16-5-4-6-17(21)12-14(11-16)13-7-9-15(20)10-8-13/h7-11,16-17H,4-6,12,20H2,1-3H3. The first-order valence-electron chi connectivity index (χ1n) is 8.41. The summed E-state index contributed by atoms with van der Waals surface area (Å²) in [6.45, 7) is 5.75. The topological polar surface area (TPSA) is 55.6 Å². The SMILES string of the molecule is CC(C)(C)OC(=O)N1C2C=C(c3ccc(N)cc3)CC1CCC2. The lowest BCUT2D eigenvalue weighted by molar-refractivity contribution is 0.0000866. The maximum absolute atomic E-state index is 12.6. The van der Waals surface area contributed by atoms with Crippen molar-refractivity contribution >= 4 is 17.4 Å². The first kappa shape index (κ1) is 15.9. The number of piperidine rings is 1. The van der Waals surface area contributed by atoms with Gasteiger partial charge >= 0.3 is 6.09 Å². The number of hydrogen-bond donors (Lipinski definition) is 1. The smallest absolute Gasteiger partial charge is 0.411 e. The lowest BCUT2D eigenvalue weighted by Gasteiger charge is -2.45. The molecule has 4 nitrogen and oxygen atoms in total. The highest BCUT2D eigenvalue weighted by Gasteiger charge is 2.39. The number of nitrogens with two attached hydrogens (primary N) is 1. The summed E-state index contributed by atoms with van der Waals surface area (Å²) in [5.41, 5.74) is 8.63. The molecular formula is C19H26N2O2. The molecule has 1 aromatic rings. The normalized spacial score (nSPS) is 24.1. The first-order valence-corrected chi connectivity index (χ1v) is 8.41. The van der Waals surface area contributed by atoms with E-state index in [0.29, 0.717) is 0 Å². The number of carbonyl (C=O) groups is 1. The molecular weight excluding hydrogens is 288 g/mol. The summed E-state index contributed by atoms with van der Waals surface area (Å²) in [5.74, 6) is 0. The summed E-state index contributed by atoms with van der Waals surface area (Å²) in [4.78, 5) is 14.5. The Hall–Kier alpha value is -1.97. The predicted octanol–water partition coefficient (Wildman–Crippen LogP) is 4.21. The molecule has 1 amide bonds. The van der Waals surface area contributed by atoms with E-state index in [9.17, 15) is 4.79 Å². The second-order valence-electron chi connectivity index (χ2n) is 7.56. The molecule has 2 bridgehead atoms. The molecule has 0 saturated carbocycles. The van der Waals surface area contributed by atoms with Crippen LogP contribution in [0.5, 0.6) is 0 Å². The Morgan fingerprint density at radius 3 is 2.52 bits per heavy atom. The van der Waals surface area contributed by atoms with Gasteiger partial charge in [-0.3, -0.25) is 4.90 Å². The third kappa shape index (κ3) is 3.52. The van der Waals surface area contributed by atoms with Crippen LogP contribution in [0.25, 0.3) is 5.57 Å². The molecule has 2 N–H and O–H groups in total. The summed E-state index contributed by atoms with van der Waals surface area (Å²) in [5, 5.41) is 0. The molecule has 0 aliphatic carbocycles. The van der Waals surface area contributed by atoms with E-state index in [1.165, 1.54) is 17.6 Å². The van der Waals surface area contributed by atoms with Crippen LogP contribution in [0, 0.1) is 0 Å². The number of benzene rings is 1. The van der Waals surface area contributed by atoms with Crippen LogP contribution in [0.15, 0.2) is 30.3 Å². The van der Waals surface area contributed by atoms with Gasteiger partial charge in [-0.1, -0.05) is 18.2 Å². The Morgan fingerprint density at radius 2 is 1.91 bits per heavy atom. The van der Waals surface area contributed by atoms with Gasteiger partial charge in [0.05, 0.1) is 6.04 Å². The number of ether oxygens (including phenoxy) is 1. The minimum absolute atomic E-state index is 0.143. The number of fused-ring (bicyclic) bond motifs is 2. The lowest BCUT2D eigenvalue weighted by Crippen LogP contribution is -2.53. The predicted molar refractivity (Wildman–Crippen MR) is 92.9 cm³/mol. The summed E-state index contributed by atoms with van der Waals surface area (Å²) < 4.78 is 5.61. The van der Waals surface area contributed by atoms with Crippen molar-refractivity contribution in [3.8, 4) is 0 Å². The Labute approximate surface area is 138 Å². The van der Waals surface area contributed by atoms with E-state index in [1.54, 1.807) is 0 Å². The number of nitrogens with zero attached hydrogens (tertiary/aromatic N) is 1. The Bertz CT molecular complexity index is 613. The molecule has 0 spiro atoms. The number of nitrogen functional groups attached to an aromatic ring is 1. The zero-order valence-electron chi connectivity index (χ0n) is 14.2. The van der Waals surface area contributed by atoms with E-state index in [1.807, 2.05) is 37.8 Å². The minimum Gasteiger partial charge on any atom is -0.444 e. The summed E-state index contributed by atoms with van der Waals surface area (Å²) in [6.07, 6.45) is 6.17. The molecule has 0 radical (unpaired) electrons. The van der Waals surface area contributed by atoms with Crippen molar-refractivity contribution in [3.05, 3.63) is 35.9 Å². The molecule has 4 heteroatoms. The van der Waals surface area contributed by atoms with E-state index in [-0.39, 0.29) is 18.2 Å². The number of carbonyl (C=O) groups excluding carboxylic acids is 1. The van der Waals surface area contributed by atoms with Crippen molar-refractivity contribution in [1.29, 1.82) is 0 Å². The van der Waals surface area contributed by atoms with Crippen molar-refractivity contribution in [2.45, 2.75) is 64.1 Å². The molecule has 2 atom stereocenters. The fourth-order valence-electron chi connectivity index (χ4n) is 3.54. The fraction of sp³-hybridized carbons (Fsp3) is 0.526. The number of hydrogen-bond acceptors (Lipinski definition) is 3. The number of rotatable bonds is 1. The molecule has 2 heterocycles. The molecule has 2 unspecified atom stereocenters. The van der Waals surface area contributed by atoms with Crippen LogP contribution in [0.2, 0.25) is 0 Å². The van der Waals surface area contributed by atoms with Crippen molar-refractivity contribution in [3.63, 3.8) is 0 Å². The molecule has 3 rings (SSSR count). The minimum atomic E-state index is -0.452. The van der Waals surface area contributed by atoms with Crippen molar-refractivity contribution in [2.24, 2.45) is 0 Å². The van der Waals surface area contributed by atoms with Crippen LogP contribution in [-0.2, 0) is 4.74 Å². The van der Waals surface area contributed by atoms with Gasteiger partial charge in [0.25, 0.3) is 0 Å². The molecule has 1 fully saturated rings. The van der Waals surface area contributed by atoms with Crippen LogP contribution >= 0.6 is 0 Å². The average molecular weight is 314 g/mol. The van der Waals surface area contributed by atoms with E-state index in [4.69, 9.17) is 10.5 Å². The Kier molecular flexibility index (Phi) is 4.09. The summed E-state index contributed by atoms with van der Waals surface area (Å²) in [7, 11) is 0. The molecule has 1 saturated heterocycles. The van der Waals surface area contributed by atoms with Gasteiger partial charge in [0.15, 0.2) is 0 Å². The Morgan fingerprint density at radius 1 is 1.22 bits per heavy atom. The summed E-state index contributed by atoms with van der Waals surface area (Å²) in [6, 6.07) is 8.39. The lowest BCUT2D eigenvalue weighted by atomic mass is 9.83. The van der Waals surface area contributed by atoms with Crippen LogP contribution in [0.4, 0.5) is 10.5 Å². The van der Waals surface area contributed by atoms with E-state index >= 15 is 0 Å². The highest BCUT2D eigenvalue weighted by atomic mass is 16.6. The fourth-order valence-corrected chi connectivity index (χ4v) is 3.54. The zero-order valence-corrected chi connectivity index (χ0v) is 14.2. The molecule has 2 aliphatic rings. The van der Waals surface area contributed by atoms with Gasteiger partial charge in [-0.25, -0.2) is 4.79 Å². The summed E-state index contributed by atoms with van der Waals surface area (Å²) >= 11 is 0. The van der Waals surface area contributed by atoms with Gasteiger partial charge in [0.2, 0.25) is 0 Å². The molecule has 1 aromatic carbocycles. The molecule has 0 aromatic heterocycles. The van der Waals surface area contributed by atoms with E-state index < -0.39 is 5.60 Å². The van der Waals surface area contributed by atoms with Gasteiger partial charge in [0.1, 0.15) is 5.60 Å². The molecule has 124 valence electrons. The molecule has 23 heavy (non-hydrogen) atoms. The zero-order chi connectivity index (χ0) is 16.6. The maximum atomic E-state index is 12.6. The van der Waals surface area contributed by atoms with Gasteiger partial charge in [-0.15, -0.1) is 0 Å². The third-order valence-corrected chi connectivity index (χ3v) is 4.52. The first-order chi connectivity index (χ1) is 10.8. The van der Waals surface area contributed by atoms with Crippen LogP contribution in [0.1, 0.15) is 52.0 Å². The highest BCUT2D eigenvalue weighted by Crippen LogP contribution is 2.38. The van der Waals surface area contributed by atoms with Crippen LogP contribution < -0.4 is 5.73 Å². The van der Waals surface area contributed by atoms with Crippen molar-refractivity contribution in [2.75, 3.05) is 5.73 Å². The van der Waals surface area contributed by atoms with Crippen LogP contribution in [-0.4, -0.2) is 28.7 Å². The van der Waals surface area contributed by atoms with Crippen molar-refractivity contribution < 1.29 is 9.53 Å². The quantitative estimate of drug-likeness (QED) is 0.790. The van der Waals surface area contributed by atoms with Gasteiger partial charge in [0, 0.05) is 11.7 Å². The van der Waals surface area contributed by atoms with Gasteiger partial charge in [-0.05, 0) is 69.7 Å². The number of anilines is 1. The monoisotopic (exact) mass is 314 g/mol.